The fraction of sp³-hybridized carbons (Fsp3) is 0.185. The van der Waals surface area contributed by atoms with Crippen LogP contribution in [-0.2, 0) is 11.2 Å². The molecular weight excluding hydrogens is 432 g/mol. The molecule has 0 aliphatic rings. The Hall–Kier alpha value is -4.26. The van der Waals surface area contributed by atoms with Crippen LogP contribution in [0.3, 0.4) is 0 Å². The smallest absolute Gasteiger partial charge is 0.220 e. The van der Waals surface area contributed by atoms with Gasteiger partial charge >= 0.3 is 0 Å². The topological polar surface area (TPSA) is 112 Å². The largest absolute Gasteiger partial charge is 0.505 e. The number of ether oxygens (including phenoxy) is 1. The van der Waals surface area contributed by atoms with E-state index in [-0.39, 0.29) is 29.6 Å². The first-order chi connectivity index (χ1) is 16.5. The monoisotopic (exact) mass is 458 g/mol. The van der Waals surface area contributed by atoms with E-state index < -0.39 is 5.92 Å². The predicted octanol–water partition coefficient (Wildman–Crippen LogP) is 4.24. The van der Waals surface area contributed by atoms with E-state index in [1.54, 1.807) is 19.4 Å². The van der Waals surface area contributed by atoms with Crippen molar-refractivity contribution in [2.75, 3.05) is 13.7 Å². The number of carbonyl (C=O) groups excluding carboxylic acids is 1. The number of phenols is 3. The first-order valence-corrected chi connectivity index (χ1v) is 10.9. The van der Waals surface area contributed by atoms with E-state index in [4.69, 9.17) is 4.74 Å². The first kappa shape index (κ1) is 22.9. The zero-order valence-corrected chi connectivity index (χ0v) is 18.7. The predicted molar refractivity (Wildman–Crippen MR) is 129 cm³/mol. The van der Waals surface area contributed by atoms with E-state index in [9.17, 15) is 20.1 Å². The van der Waals surface area contributed by atoms with Crippen LogP contribution in [0.2, 0.25) is 0 Å². The molecule has 7 nitrogen and oxygen atoms in total. The molecule has 1 unspecified atom stereocenters. The van der Waals surface area contributed by atoms with E-state index >= 15 is 0 Å². The fourth-order valence-electron chi connectivity index (χ4n) is 4.00. The van der Waals surface area contributed by atoms with E-state index in [0.717, 1.165) is 16.5 Å². The molecule has 0 fully saturated rings. The second-order valence-electron chi connectivity index (χ2n) is 8.03. The molecule has 1 heterocycles. The summed E-state index contributed by atoms with van der Waals surface area (Å²) in [5, 5.41) is 33.8. The standard InChI is InChI=1S/C27H26N2O5/c1-34-20-8-5-18(6-9-20)22(21-10-7-19-3-2-13-29-26(19)27(21)33)16-25(32)28-14-12-17-4-11-23(30)24(31)15-17/h2-11,13,15,22,30-31,33H,12,14,16H2,1H3,(H,28,32). The van der Waals surface area contributed by atoms with Gasteiger partial charge in [-0.25, -0.2) is 0 Å². The van der Waals surface area contributed by atoms with E-state index in [1.165, 1.54) is 12.1 Å². The van der Waals surface area contributed by atoms with Gasteiger partial charge in [-0.15, -0.1) is 0 Å². The highest BCUT2D eigenvalue weighted by Gasteiger charge is 2.23. The van der Waals surface area contributed by atoms with Gasteiger partial charge in [0.25, 0.3) is 0 Å². The van der Waals surface area contributed by atoms with Crippen molar-refractivity contribution in [3.63, 3.8) is 0 Å². The highest BCUT2D eigenvalue weighted by atomic mass is 16.5. The van der Waals surface area contributed by atoms with Crippen LogP contribution < -0.4 is 10.1 Å². The van der Waals surface area contributed by atoms with Crippen molar-refractivity contribution in [2.45, 2.75) is 18.8 Å². The summed E-state index contributed by atoms with van der Waals surface area (Å²) in [7, 11) is 1.59. The minimum Gasteiger partial charge on any atom is -0.505 e. The quantitative estimate of drug-likeness (QED) is 0.294. The molecule has 0 saturated carbocycles. The van der Waals surface area contributed by atoms with Crippen molar-refractivity contribution in [1.29, 1.82) is 0 Å². The van der Waals surface area contributed by atoms with E-state index in [1.807, 2.05) is 48.5 Å². The van der Waals surface area contributed by atoms with E-state index in [0.29, 0.717) is 29.8 Å². The lowest BCUT2D eigenvalue weighted by Crippen LogP contribution is -2.27. The van der Waals surface area contributed by atoms with Gasteiger partial charge in [-0.2, -0.15) is 0 Å². The second kappa shape index (κ2) is 10.1. The molecule has 4 aromatic rings. The summed E-state index contributed by atoms with van der Waals surface area (Å²) in [6.07, 6.45) is 2.25. The number of methoxy groups -OCH3 is 1. The van der Waals surface area contributed by atoms with Gasteiger partial charge in [0.15, 0.2) is 11.5 Å². The van der Waals surface area contributed by atoms with Gasteiger partial charge in [0, 0.05) is 36.0 Å². The van der Waals surface area contributed by atoms with Crippen LogP contribution in [0, 0.1) is 0 Å². The van der Waals surface area contributed by atoms with Crippen LogP contribution in [0.15, 0.2) is 72.9 Å². The Kier molecular flexibility index (Phi) is 6.82. The number of fused-ring (bicyclic) bond motifs is 1. The highest BCUT2D eigenvalue weighted by Crippen LogP contribution is 2.38. The van der Waals surface area contributed by atoms with Crippen LogP contribution in [-0.4, -0.2) is 39.9 Å². The van der Waals surface area contributed by atoms with Gasteiger partial charge < -0.3 is 25.4 Å². The van der Waals surface area contributed by atoms with Crippen LogP contribution >= 0.6 is 0 Å². The maximum Gasteiger partial charge on any atom is 0.220 e. The Morgan fingerprint density at radius 2 is 1.79 bits per heavy atom. The Morgan fingerprint density at radius 3 is 2.53 bits per heavy atom. The normalized spacial score (nSPS) is 11.8. The van der Waals surface area contributed by atoms with Crippen molar-refractivity contribution in [3.8, 4) is 23.0 Å². The Morgan fingerprint density at radius 1 is 1.00 bits per heavy atom. The summed E-state index contributed by atoms with van der Waals surface area (Å²) in [6, 6.07) is 19.4. The molecule has 0 aliphatic carbocycles. The molecule has 0 saturated heterocycles. The average Bonchev–Trinajstić information content (AvgIpc) is 2.85. The molecule has 1 amide bonds. The Bertz CT molecular complexity index is 1300. The molecule has 34 heavy (non-hydrogen) atoms. The molecule has 3 aromatic carbocycles. The van der Waals surface area contributed by atoms with Gasteiger partial charge in [-0.3, -0.25) is 9.78 Å². The van der Waals surface area contributed by atoms with Crippen LogP contribution in [0.25, 0.3) is 10.9 Å². The molecule has 4 N–H and O–H groups in total. The number of hydrogen-bond donors (Lipinski definition) is 4. The van der Waals surface area contributed by atoms with Crippen molar-refractivity contribution < 1.29 is 24.9 Å². The fourth-order valence-corrected chi connectivity index (χ4v) is 4.00. The number of phenolic OH excluding ortho intramolecular Hbond substituents is 3. The van der Waals surface area contributed by atoms with Crippen molar-refractivity contribution >= 4 is 16.8 Å². The molecule has 0 bridgehead atoms. The summed E-state index contributed by atoms with van der Waals surface area (Å²) < 4.78 is 5.26. The molecule has 1 atom stereocenters. The molecule has 1 aromatic heterocycles. The number of nitrogens with zero attached hydrogens (tertiary/aromatic N) is 1. The summed E-state index contributed by atoms with van der Waals surface area (Å²) in [6.45, 7) is 0.365. The lowest BCUT2D eigenvalue weighted by molar-refractivity contribution is -0.121. The van der Waals surface area contributed by atoms with Gasteiger partial charge in [0.2, 0.25) is 5.91 Å². The van der Waals surface area contributed by atoms with Crippen molar-refractivity contribution in [2.24, 2.45) is 0 Å². The lowest BCUT2D eigenvalue weighted by Gasteiger charge is -2.20. The van der Waals surface area contributed by atoms with Gasteiger partial charge in [0.05, 0.1) is 7.11 Å². The molecular formula is C27H26N2O5. The van der Waals surface area contributed by atoms with Crippen LogP contribution in [0.1, 0.15) is 29.0 Å². The summed E-state index contributed by atoms with van der Waals surface area (Å²) >= 11 is 0. The number of nitrogens with one attached hydrogen (secondary N) is 1. The van der Waals surface area contributed by atoms with E-state index in [2.05, 4.69) is 10.3 Å². The molecule has 0 radical (unpaired) electrons. The Labute approximate surface area is 197 Å². The van der Waals surface area contributed by atoms with Crippen molar-refractivity contribution in [3.05, 3.63) is 89.6 Å². The molecule has 0 aliphatic heterocycles. The number of benzene rings is 3. The zero-order valence-electron chi connectivity index (χ0n) is 18.7. The third-order valence-corrected chi connectivity index (χ3v) is 5.84. The molecule has 7 heteroatoms. The SMILES string of the molecule is COc1ccc(C(CC(=O)NCCc2ccc(O)c(O)c2)c2ccc3cccnc3c2O)cc1. The average molecular weight is 459 g/mol. The van der Waals surface area contributed by atoms with Crippen molar-refractivity contribution in [1.82, 2.24) is 10.3 Å². The maximum atomic E-state index is 12.9. The summed E-state index contributed by atoms with van der Waals surface area (Å²) in [5.41, 5.74) is 2.77. The summed E-state index contributed by atoms with van der Waals surface area (Å²) in [4.78, 5) is 17.2. The van der Waals surface area contributed by atoms with Gasteiger partial charge in [0.1, 0.15) is 17.0 Å². The second-order valence-corrected chi connectivity index (χ2v) is 8.03. The van der Waals surface area contributed by atoms with Crippen LogP contribution in [0.5, 0.6) is 23.0 Å². The Balaban J connectivity index is 1.55. The number of amides is 1. The van der Waals surface area contributed by atoms with Gasteiger partial charge in [-0.1, -0.05) is 36.4 Å². The minimum absolute atomic E-state index is 0.0614. The summed E-state index contributed by atoms with van der Waals surface area (Å²) in [5.74, 6) is -0.178. The molecule has 0 spiro atoms. The number of aromatic hydroxyl groups is 3. The number of carbonyl (C=O) groups is 1. The lowest BCUT2D eigenvalue weighted by atomic mass is 9.87. The van der Waals surface area contributed by atoms with Crippen LogP contribution in [0.4, 0.5) is 0 Å². The molecule has 4 rings (SSSR count). The first-order valence-electron chi connectivity index (χ1n) is 10.9. The number of rotatable bonds is 8. The van der Waals surface area contributed by atoms with Gasteiger partial charge in [-0.05, 0) is 47.9 Å². The highest BCUT2D eigenvalue weighted by molar-refractivity contribution is 5.86. The minimum atomic E-state index is -0.393. The maximum absolute atomic E-state index is 12.9. The third-order valence-electron chi connectivity index (χ3n) is 5.84. The third kappa shape index (κ3) is 5.04. The number of hydrogen-bond acceptors (Lipinski definition) is 6. The number of aromatic nitrogens is 1. The number of pyridine rings is 1. The zero-order chi connectivity index (χ0) is 24.1. The molecule has 174 valence electrons.